The van der Waals surface area contributed by atoms with E-state index in [0.717, 1.165) is 6.07 Å². The summed E-state index contributed by atoms with van der Waals surface area (Å²) in [6.07, 6.45) is -4.40. The Labute approximate surface area is 181 Å². The van der Waals surface area contributed by atoms with Crippen LogP contribution in [0.5, 0.6) is 5.75 Å². The highest BCUT2D eigenvalue weighted by molar-refractivity contribution is 6.10. The van der Waals surface area contributed by atoms with Gasteiger partial charge in [-0.25, -0.2) is 0 Å². The van der Waals surface area contributed by atoms with Crippen LogP contribution in [0, 0.1) is 0 Å². The molecule has 10 heteroatoms. The van der Waals surface area contributed by atoms with Crippen LogP contribution >= 0.6 is 0 Å². The van der Waals surface area contributed by atoms with Gasteiger partial charge in [0.15, 0.2) is 5.75 Å². The lowest BCUT2D eigenvalue weighted by atomic mass is 9.98. The number of ether oxygens (including phenoxy) is 1. The number of hydrogen-bond donors (Lipinski definition) is 1. The van der Waals surface area contributed by atoms with Gasteiger partial charge in [0.2, 0.25) is 11.8 Å². The fourth-order valence-electron chi connectivity index (χ4n) is 4.25. The third-order valence-corrected chi connectivity index (χ3v) is 5.69. The molecule has 168 valence electrons. The first kappa shape index (κ1) is 21.7. The van der Waals surface area contributed by atoms with Gasteiger partial charge in [0.1, 0.15) is 5.66 Å². The molecule has 2 aliphatic heterocycles. The molecule has 2 aliphatic rings. The maximum Gasteiger partial charge on any atom is 0.573 e. The molecule has 1 N–H and O–H groups in total. The average molecular weight is 447 g/mol. The van der Waals surface area contributed by atoms with E-state index in [1.54, 1.807) is 36.1 Å². The number of alkyl halides is 3. The summed E-state index contributed by atoms with van der Waals surface area (Å²) in [5.74, 6) is -1.53. The minimum absolute atomic E-state index is 0.0123. The SMILES string of the molecule is C[C@@]12CCC(=O)N1c1ccccc1C(=O)N2CCC(=O)Nc1ccccc1OC(F)(F)F. The standard InChI is InChI=1S/C22H20F3N3O4/c1-21-12-10-19(30)28(21)16-8-4-2-6-14(16)20(31)27(21)13-11-18(29)26-15-7-3-5-9-17(15)32-22(23,24)25/h2-9H,10-13H2,1H3,(H,26,29)/t21-/m0/s1. The second-order valence-corrected chi connectivity index (χ2v) is 7.76. The van der Waals surface area contributed by atoms with E-state index < -0.39 is 23.7 Å². The number of para-hydroxylation sites is 3. The van der Waals surface area contributed by atoms with Crippen LogP contribution in [-0.2, 0) is 9.59 Å². The minimum atomic E-state index is -4.90. The molecule has 3 amide bonds. The Bertz CT molecular complexity index is 1090. The summed E-state index contributed by atoms with van der Waals surface area (Å²) in [6, 6.07) is 12.0. The molecule has 0 saturated carbocycles. The van der Waals surface area contributed by atoms with Crippen molar-refractivity contribution >= 4 is 29.1 Å². The molecule has 0 aliphatic carbocycles. The molecular formula is C22H20F3N3O4. The number of hydrogen-bond acceptors (Lipinski definition) is 4. The predicted molar refractivity (Wildman–Crippen MR) is 109 cm³/mol. The number of carbonyl (C=O) groups excluding carboxylic acids is 3. The fraction of sp³-hybridized carbons (Fsp3) is 0.318. The third kappa shape index (κ3) is 3.88. The lowest BCUT2D eigenvalue weighted by Gasteiger charge is -2.48. The minimum Gasteiger partial charge on any atom is -0.404 e. The van der Waals surface area contributed by atoms with Crippen LogP contribution in [0.2, 0.25) is 0 Å². The molecular weight excluding hydrogens is 427 g/mol. The highest BCUT2D eigenvalue weighted by Crippen LogP contribution is 2.44. The van der Waals surface area contributed by atoms with E-state index in [1.807, 2.05) is 0 Å². The van der Waals surface area contributed by atoms with Crippen LogP contribution in [0.15, 0.2) is 48.5 Å². The van der Waals surface area contributed by atoms with Gasteiger partial charge in [0.05, 0.1) is 16.9 Å². The van der Waals surface area contributed by atoms with Gasteiger partial charge in [0.25, 0.3) is 5.91 Å². The zero-order valence-electron chi connectivity index (χ0n) is 17.1. The largest absolute Gasteiger partial charge is 0.573 e. The highest BCUT2D eigenvalue weighted by Gasteiger charge is 2.52. The van der Waals surface area contributed by atoms with E-state index in [0.29, 0.717) is 17.7 Å². The quantitative estimate of drug-likeness (QED) is 0.754. The van der Waals surface area contributed by atoms with Crippen LogP contribution in [0.25, 0.3) is 0 Å². The van der Waals surface area contributed by atoms with E-state index in [9.17, 15) is 27.6 Å². The maximum atomic E-state index is 13.2. The zero-order valence-corrected chi connectivity index (χ0v) is 17.1. The number of amides is 3. The Hall–Kier alpha value is -3.56. The topological polar surface area (TPSA) is 79.0 Å². The Kier molecular flexibility index (Phi) is 5.31. The van der Waals surface area contributed by atoms with E-state index in [4.69, 9.17) is 0 Å². The lowest BCUT2D eigenvalue weighted by Crippen LogP contribution is -2.62. The van der Waals surface area contributed by atoms with E-state index >= 15 is 0 Å². The Morgan fingerprint density at radius 2 is 1.81 bits per heavy atom. The molecule has 0 radical (unpaired) electrons. The molecule has 1 atom stereocenters. The number of anilines is 2. The van der Waals surface area contributed by atoms with E-state index in [2.05, 4.69) is 10.1 Å². The van der Waals surface area contributed by atoms with Crippen molar-refractivity contribution in [1.82, 2.24) is 4.90 Å². The number of carbonyl (C=O) groups is 3. The number of halogens is 3. The molecule has 0 bridgehead atoms. The van der Waals surface area contributed by atoms with Crippen molar-refractivity contribution < 1.29 is 32.3 Å². The molecule has 1 saturated heterocycles. The molecule has 2 heterocycles. The molecule has 7 nitrogen and oxygen atoms in total. The summed E-state index contributed by atoms with van der Waals surface area (Å²) in [5.41, 5.74) is -0.139. The van der Waals surface area contributed by atoms with Crippen LogP contribution in [-0.4, -0.2) is 41.2 Å². The molecule has 2 aromatic rings. The second-order valence-electron chi connectivity index (χ2n) is 7.76. The molecule has 0 aromatic heterocycles. The summed E-state index contributed by atoms with van der Waals surface area (Å²) < 4.78 is 41.7. The predicted octanol–water partition coefficient (Wildman–Crippen LogP) is 3.91. The third-order valence-electron chi connectivity index (χ3n) is 5.69. The summed E-state index contributed by atoms with van der Waals surface area (Å²) in [5, 5.41) is 2.41. The van der Waals surface area contributed by atoms with Gasteiger partial charge in [-0.05, 0) is 37.6 Å². The molecule has 0 unspecified atom stereocenters. The van der Waals surface area contributed by atoms with Crippen LogP contribution in [0.1, 0.15) is 36.5 Å². The van der Waals surface area contributed by atoms with Crippen LogP contribution < -0.4 is 15.0 Å². The first-order chi connectivity index (χ1) is 15.1. The van der Waals surface area contributed by atoms with Gasteiger partial charge in [-0.3, -0.25) is 19.3 Å². The lowest BCUT2D eigenvalue weighted by molar-refractivity contribution is -0.274. The van der Waals surface area contributed by atoms with Gasteiger partial charge >= 0.3 is 6.36 Å². The molecule has 4 rings (SSSR count). The normalized spacial score (nSPS) is 20.1. The molecule has 1 fully saturated rings. The van der Waals surface area contributed by atoms with Crippen molar-refractivity contribution in [2.45, 2.75) is 38.2 Å². The number of nitrogens with zero attached hydrogens (tertiary/aromatic N) is 2. The Morgan fingerprint density at radius 3 is 2.56 bits per heavy atom. The maximum absolute atomic E-state index is 13.2. The van der Waals surface area contributed by atoms with Crippen molar-refractivity contribution in [1.29, 1.82) is 0 Å². The van der Waals surface area contributed by atoms with Gasteiger partial charge in [-0.15, -0.1) is 13.2 Å². The smallest absolute Gasteiger partial charge is 0.404 e. The summed E-state index contributed by atoms with van der Waals surface area (Å²) in [6.45, 7) is 1.76. The van der Waals surface area contributed by atoms with Crippen molar-refractivity contribution in [2.75, 3.05) is 16.8 Å². The first-order valence-electron chi connectivity index (χ1n) is 9.99. The van der Waals surface area contributed by atoms with Crippen molar-refractivity contribution in [3.63, 3.8) is 0 Å². The summed E-state index contributed by atoms with van der Waals surface area (Å²) in [4.78, 5) is 41.3. The number of rotatable bonds is 5. The summed E-state index contributed by atoms with van der Waals surface area (Å²) >= 11 is 0. The highest BCUT2D eigenvalue weighted by atomic mass is 19.4. The Balaban J connectivity index is 1.51. The fourth-order valence-corrected chi connectivity index (χ4v) is 4.25. The number of fused-ring (bicyclic) bond motifs is 3. The number of nitrogens with one attached hydrogen (secondary N) is 1. The monoisotopic (exact) mass is 447 g/mol. The van der Waals surface area contributed by atoms with E-state index in [1.165, 1.54) is 23.1 Å². The number of benzene rings is 2. The van der Waals surface area contributed by atoms with Crippen LogP contribution in [0.3, 0.4) is 0 Å². The summed E-state index contributed by atoms with van der Waals surface area (Å²) in [7, 11) is 0. The van der Waals surface area contributed by atoms with E-state index in [-0.39, 0.29) is 36.9 Å². The second kappa shape index (κ2) is 7.85. The van der Waals surface area contributed by atoms with Crippen molar-refractivity contribution in [3.8, 4) is 5.75 Å². The van der Waals surface area contributed by atoms with Gasteiger partial charge in [-0.1, -0.05) is 24.3 Å². The van der Waals surface area contributed by atoms with Gasteiger partial charge in [-0.2, -0.15) is 0 Å². The van der Waals surface area contributed by atoms with Crippen molar-refractivity contribution in [3.05, 3.63) is 54.1 Å². The van der Waals surface area contributed by atoms with Gasteiger partial charge in [0, 0.05) is 19.4 Å². The first-order valence-corrected chi connectivity index (χ1v) is 9.99. The molecule has 2 aromatic carbocycles. The molecule has 32 heavy (non-hydrogen) atoms. The molecule has 0 spiro atoms. The van der Waals surface area contributed by atoms with Gasteiger partial charge < -0.3 is 15.0 Å². The Morgan fingerprint density at radius 1 is 1.12 bits per heavy atom. The van der Waals surface area contributed by atoms with Crippen LogP contribution in [0.4, 0.5) is 24.5 Å². The average Bonchev–Trinajstić information content (AvgIpc) is 3.03. The zero-order chi connectivity index (χ0) is 23.1. The van der Waals surface area contributed by atoms with Crippen molar-refractivity contribution in [2.24, 2.45) is 0 Å².